The first-order valence-corrected chi connectivity index (χ1v) is 5.31. The second-order valence-corrected chi connectivity index (χ2v) is 4.57. The van der Waals surface area contributed by atoms with Gasteiger partial charge < -0.3 is 0 Å². The first-order valence-electron chi connectivity index (χ1n) is 5.31. The summed E-state index contributed by atoms with van der Waals surface area (Å²) in [4.78, 5) is 10.5. The molecule has 1 heteroatoms. The molecular formula is C12H20O. The molecule has 0 aliphatic heterocycles. The molecule has 0 spiro atoms. The Kier molecular flexibility index (Phi) is 3.71. The molecule has 1 fully saturated rings. The number of rotatable bonds is 2. The molecule has 0 bridgehead atoms. The predicted molar refractivity (Wildman–Crippen MR) is 55.6 cm³/mol. The van der Waals surface area contributed by atoms with Crippen LogP contribution in [0.1, 0.15) is 52.4 Å². The summed E-state index contributed by atoms with van der Waals surface area (Å²) < 4.78 is 0. The van der Waals surface area contributed by atoms with E-state index in [1.807, 2.05) is 6.92 Å². The van der Waals surface area contributed by atoms with E-state index in [-0.39, 0.29) is 0 Å². The Bertz CT molecular complexity index is 195. The van der Waals surface area contributed by atoms with Gasteiger partial charge in [0.1, 0.15) is 6.29 Å². The summed E-state index contributed by atoms with van der Waals surface area (Å²) >= 11 is 0. The smallest absolute Gasteiger partial charge is 0.145 e. The van der Waals surface area contributed by atoms with Crippen molar-refractivity contribution < 1.29 is 4.79 Å². The maximum atomic E-state index is 10.5. The van der Waals surface area contributed by atoms with Crippen LogP contribution in [-0.4, -0.2) is 6.29 Å². The Hall–Kier alpha value is -0.590. The third kappa shape index (κ3) is 3.33. The van der Waals surface area contributed by atoms with Gasteiger partial charge in [0.15, 0.2) is 0 Å². The third-order valence-corrected chi connectivity index (χ3v) is 3.01. The van der Waals surface area contributed by atoms with Crippen LogP contribution in [0, 0.1) is 5.41 Å². The summed E-state index contributed by atoms with van der Waals surface area (Å²) in [5.74, 6) is 0. The van der Waals surface area contributed by atoms with Gasteiger partial charge in [0, 0.05) is 0 Å². The molecule has 1 aliphatic rings. The van der Waals surface area contributed by atoms with E-state index in [0.717, 1.165) is 11.9 Å². The second kappa shape index (κ2) is 4.59. The van der Waals surface area contributed by atoms with Gasteiger partial charge >= 0.3 is 0 Å². The Morgan fingerprint density at radius 2 is 1.69 bits per heavy atom. The van der Waals surface area contributed by atoms with Gasteiger partial charge in [-0.25, -0.2) is 0 Å². The first kappa shape index (κ1) is 10.5. The highest BCUT2D eigenvalue weighted by molar-refractivity contribution is 5.72. The van der Waals surface area contributed by atoms with Crippen molar-refractivity contribution in [3.63, 3.8) is 0 Å². The average Bonchev–Trinajstić information content (AvgIpc) is 2.30. The van der Waals surface area contributed by atoms with Crippen molar-refractivity contribution in [3.8, 4) is 0 Å². The molecule has 0 atom stereocenters. The Labute approximate surface area is 81.2 Å². The molecule has 0 heterocycles. The zero-order valence-electron chi connectivity index (χ0n) is 8.81. The summed E-state index contributed by atoms with van der Waals surface area (Å²) in [6, 6.07) is 0. The fourth-order valence-electron chi connectivity index (χ4n) is 2.26. The molecule has 0 unspecified atom stereocenters. The topological polar surface area (TPSA) is 17.1 Å². The lowest BCUT2D eigenvalue weighted by Crippen LogP contribution is -2.12. The second-order valence-electron chi connectivity index (χ2n) is 4.57. The molecule has 0 N–H and O–H groups in total. The molecule has 13 heavy (non-hydrogen) atoms. The van der Waals surface area contributed by atoms with Crippen LogP contribution in [0.3, 0.4) is 0 Å². The largest absolute Gasteiger partial charge is 0.298 e. The van der Waals surface area contributed by atoms with Crippen LogP contribution in [0.15, 0.2) is 11.6 Å². The lowest BCUT2D eigenvalue weighted by molar-refractivity contribution is -0.104. The van der Waals surface area contributed by atoms with Crippen LogP contribution in [0.25, 0.3) is 0 Å². The number of hydrogen-bond acceptors (Lipinski definition) is 1. The van der Waals surface area contributed by atoms with Crippen LogP contribution in [0.2, 0.25) is 0 Å². The minimum absolute atomic E-state index is 0.293. The molecule has 1 nitrogen and oxygen atoms in total. The average molecular weight is 180 g/mol. The van der Waals surface area contributed by atoms with Crippen LogP contribution in [-0.2, 0) is 4.79 Å². The van der Waals surface area contributed by atoms with E-state index >= 15 is 0 Å². The lowest BCUT2D eigenvalue weighted by Gasteiger charge is -2.24. The standard InChI is InChI=1S/C12H20O/c1-11(10-13)9-12(2)7-5-3-4-6-8-12/h9-10H,3-8H2,1-2H3/b11-9+. The molecule has 74 valence electrons. The molecule has 0 aromatic rings. The SMILES string of the molecule is C/C(C=O)=C\C1(C)CCCCCC1. The zero-order valence-corrected chi connectivity index (χ0v) is 8.81. The quantitative estimate of drug-likeness (QED) is 0.361. The summed E-state index contributed by atoms with van der Waals surface area (Å²) in [5.41, 5.74) is 1.19. The number of carbonyl (C=O) groups excluding carboxylic acids is 1. The van der Waals surface area contributed by atoms with Gasteiger partial charge in [-0.3, -0.25) is 4.79 Å². The summed E-state index contributed by atoms with van der Waals surface area (Å²) in [6.45, 7) is 4.19. The van der Waals surface area contributed by atoms with Gasteiger partial charge in [0.25, 0.3) is 0 Å². The van der Waals surface area contributed by atoms with Crippen molar-refractivity contribution >= 4 is 6.29 Å². The van der Waals surface area contributed by atoms with Crippen LogP contribution < -0.4 is 0 Å². The summed E-state index contributed by atoms with van der Waals surface area (Å²) in [6.07, 6.45) is 11.0. The van der Waals surface area contributed by atoms with E-state index in [9.17, 15) is 4.79 Å². The number of allylic oxidation sites excluding steroid dienone is 2. The van der Waals surface area contributed by atoms with E-state index in [0.29, 0.717) is 5.41 Å². The minimum Gasteiger partial charge on any atom is -0.298 e. The van der Waals surface area contributed by atoms with Gasteiger partial charge in [-0.1, -0.05) is 38.7 Å². The summed E-state index contributed by atoms with van der Waals surface area (Å²) in [7, 11) is 0. The first-order chi connectivity index (χ1) is 6.16. The number of aldehydes is 1. The molecule has 1 rings (SSSR count). The van der Waals surface area contributed by atoms with Crippen LogP contribution >= 0.6 is 0 Å². The van der Waals surface area contributed by atoms with Crippen molar-refractivity contribution in [2.24, 2.45) is 5.41 Å². The Morgan fingerprint density at radius 3 is 2.15 bits per heavy atom. The number of carbonyl (C=O) groups is 1. The van der Waals surface area contributed by atoms with Crippen molar-refractivity contribution in [1.82, 2.24) is 0 Å². The van der Waals surface area contributed by atoms with Gasteiger partial charge in [0.2, 0.25) is 0 Å². The molecular weight excluding hydrogens is 160 g/mol. The lowest BCUT2D eigenvalue weighted by atomic mass is 9.81. The summed E-state index contributed by atoms with van der Waals surface area (Å²) in [5, 5.41) is 0. The van der Waals surface area contributed by atoms with Gasteiger partial charge in [-0.15, -0.1) is 0 Å². The van der Waals surface area contributed by atoms with Crippen molar-refractivity contribution in [3.05, 3.63) is 11.6 Å². The highest BCUT2D eigenvalue weighted by atomic mass is 16.1. The fourth-order valence-corrected chi connectivity index (χ4v) is 2.26. The maximum Gasteiger partial charge on any atom is 0.145 e. The van der Waals surface area contributed by atoms with Gasteiger partial charge in [-0.2, -0.15) is 0 Å². The van der Waals surface area contributed by atoms with Crippen LogP contribution in [0.4, 0.5) is 0 Å². The van der Waals surface area contributed by atoms with E-state index in [1.54, 1.807) is 0 Å². The van der Waals surface area contributed by atoms with E-state index in [2.05, 4.69) is 13.0 Å². The van der Waals surface area contributed by atoms with Crippen molar-refractivity contribution in [2.45, 2.75) is 52.4 Å². The third-order valence-electron chi connectivity index (χ3n) is 3.01. The molecule has 1 saturated carbocycles. The van der Waals surface area contributed by atoms with E-state index in [4.69, 9.17) is 0 Å². The highest BCUT2D eigenvalue weighted by Gasteiger charge is 2.22. The molecule has 0 amide bonds. The molecule has 0 aromatic carbocycles. The molecule has 1 aliphatic carbocycles. The van der Waals surface area contributed by atoms with Crippen LogP contribution in [0.5, 0.6) is 0 Å². The highest BCUT2D eigenvalue weighted by Crippen LogP contribution is 2.36. The molecule has 0 saturated heterocycles. The number of hydrogen-bond donors (Lipinski definition) is 0. The monoisotopic (exact) mass is 180 g/mol. The maximum absolute atomic E-state index is 10.5. The van der Waals surface area contributed by atoms with Gasteiger partial charge in [0.05, 0.1) is 0 Å². The fraction of sp³-hybridized carbons (Fsp3) is 0.750. The molecule has 0 radical (unpaired) electrons. The van der Waals surface area contributed by atoms with E-state index in [1.165, 1.54) is 38.5 Å². The minimum atomic E-state index is 0.293. The van der Waals surface area contributed by atoms with E-state index < -0.39 is 0 Å². The predicted octanol–water partition coefficient (Wildman–Crippen LogP) is 3.49. The normalized spacial score (nSPS) is 23.7. The Balaban J connectivity index is 2.66. The van der Waals surface area contributed by atoms with Crippen molar-refractivity contribution in [2.75, 3.05) is 0 Å². The van der Waals surface area contributed by atoms with Crippen molar-refractivity contribution in [1.29, 1.82) is 0 Å². The van der Waals surface area contributed by atoms with Gasteiger partial charge in [-0.05, 0) is 30.8 Å². The Morgan fingerprint density at radius 1 is 1.15 bits per heavy atom. The zero-order chi connectivity index (χ0) is 9.73. The molecule has 0 aromatic heterocycles.